The number of alkyl halides is 2. The van der Waals surface area contributed by atoms with Gasteiger partial charge < -0.3 is 18.3 Å². The van der Waals surface area contributed by atoms with Crippen molar-refractivity contribution in [3.63, 3.8) is 0 Å². The third kappa shape index (κ3) is 11.0. The molecule has 1 unspecified atom stereocenters. The first-order chi connectivity index (χ1) is 14.8. The molecule has 0 fully saturated rings. The number of hydrogen-bond donors (Lipinski definition) is 0. The van der Waals surface area contributed by atoms with E-state index in [4.69, 9.17) is 18.3 Å². The lowest BCUT2D eigenvalue weighted by atomic mass is 10.1. The van der Waals surface area contributed by atoms with E-state index < -0.39 is 30.7 Å². The Morgan fingerprint density at radius 2 is 1.66 bits per heavy atom. The Morgan fingerprint density at radius 1 is 1.06 bits per heavy atom. The van der Waals surface area contributed by atoms with E-state index in [2.05, 4.69) is 10.1 Å². The van der Waals surface area contributed by atoms with Crippen molar-refractivity contribution in [2.24, 2.45) is 0 Å². The summed E-state index contributed by atoms with van der Waals surface area (Å²) in [6.45, 7) is 9.55. The summed E-state index contributed by atoms with van der Waals surface area (Å²) in [5, 5.41) is 3.90. The fourth-order valence-corrected chi connectivity index (χ4v) is 4.83. The zero-order chi connectivity index (χ0) is 24.4. The van der Waals surface area contributed by atoms with Gasteiger partial charge in [0.15, 0.2) is 11.5 Å². The van der Waals surface area contributed by atoms with Crippen molar-refractivity contribution in [2.45, 2.75) is 104 Å². The van der Waals surface area contributed by atoms with Crippen LogP contribution in [-0.4, -0.2) is 46.5 Å². The number of esters is 1. The maximum atomic E-state index is 13.3. The third-order valence-corrected chi connectivity index (χ3v) is 6.72. The molecule has 1 atom stereocenters. The Balaban J connectivity index is 2.78. The van der Waals surface area contributed by atoms with Crippen LogP contribution in [0.5, 0.6) is 0 Å². The molecule has 1 aromatic heterocycles. The molecular weight excluding hydrogens is 445 g/mol. The fourth-order valence-electron chi connectivity index (χ4n) is 2.98. The first-order valence-electron chi connectivity index (χ1n) is 11.1. The van der Waals surface area contributed by atoms with Crippen molar-refractivity contribution in [3.8, 4) is 0 Å². The van der Waals surface area contributed by atoms with Gasteiger partial charge in [0.05, 0.1) is 19.6 Å². The van der Waals surface area contributed by atoms with Crippen LogP contribution in [0, 0.1) is 0 Å². The zero-order valence-electron chi connectivity index (χ0n) is 20.0. The Morgan fingerprint density at radius 3 is 2.19 bits per heavy atom. The molecule has 11 heteroatoms. The summed E-state index contributed by atoms with van der Waals surface area (Å²) in [5.74, 6) is -2.79. The second kappa shape index (κ2) is 12.8. The number of halogens is 2. The van der Waals surface area contributed by atoms with E-state index in [-0.39, 0.29) is 31.9 Å². The summed E-state index contributed by atoms with van der Waals surface area (Å²) >= 11 is 0. The largest absolute Gasteiger partial charge is 0.459 e. The molecule has 0 aromatic carbocycles. The minimum absolute atomic E-state index is 0.0929. The van der Waals surface area contributed by atoms with Gasteiger partial charge >= 0.3 is 13.6 Å². The molecule has 8 nitrogen and oxygen atoms in total. The number of unbranched alkanes of at least 4 members (excludes halogenated alkanes) is 3. The summed E-state index contributed by atoms with van der Waals surface area (Å²) in [6.07, 6.45) is 2.89. The number of ether oxygens (including phenoxy) is 1. The molecule has 0 spiro atoms. The van der Waals surface area contributed by atoms with E-state index in [1.807, 2.05) is 0 Å². The van der Waals surface area contributed by atoms with Crippen molar-refractivity contribution in [2.75, 3.05) is 13.2 Å². The van der Waals surface area contributed by atoms with Gasteiger partial charge in [-0.3, -0.25) is 9.36 Å². The summed E-state index contributed by atoms with van der Waals surface area (Å²) < 4.78 is 60.4. The maximum absolute atomic E-state index is 13.3. The lowest BCUT2D eigenvalue weighted by molar-refractivity contribution is -0.154. The monoisotopic (exact) mass is 482 g/mol. The first-order valence-corrected chi connectivity index (χ1v) is 12.7. The van der Waals surface area contributed by atoms with Crippen molar-refractivity contribution < 1.29 is 36.4 Å². The third-order valence-electron chi connectivity index (χ3n) is 4.32. The standard InChI is InChI=1S/C21H37F2N2O6P/c1-7-28-32(27,29-8-2)16(19(26)30-20(3,4)5)15-18-24-17(25-31-18)13-11-9-10-12-14-21(6,22)23/h16H,7-15H2,1-6H3. The van der Waals surface area contributed by atoms with Gasteiger partial charge in [-0.15, -0.1) is 0 Å². The van der Waals surface area contributed by atoms with E-state index in [1.54, 1.807) is 34.6 Å². The molecule has 0 aliphatic heterocycles. The molecule has 1 rings (SSSR count). The Kier molecular flexibility index (Phi) is 11.4. The van der Waals surface area contributed by atoms with Crippen molar-refractivity contribution in [1.82, 2.24) is 10.1 Å². The SMILES string of the molecule is CCOP(=O)(OCC)C(Cc1nc(CCCCCCC(C)(F)F)no1)C(=O)OC(C)(C)C. The second-order valence-corrected chi connectivity index (χ2v) is 10.9. The van der Waals surface area contributed by atoms with Gasteiger partial charge in [-0.25, -0.2) is 8.78 Å². The minimum Gasteiger partial charge on any atom is -0.459 e. The van der Waals surface area contributed by atoms with Gasteiger partial charge in [0, 0.05) is 12.8 Å². The van der Waals surface area contributed by atoms with Gasteiger partial charge in [0.25, 0.3) is 0 Å². The van der Waals surface area contributed by atoms with Crippen LogP contribution in [0.15, 0.2) is 4.52 Å². The van der Waals surface area contributed by atoms with Crippen LogP contribution < -0.4 is 0 Å². The topological polar surface area (TPSA) is 101 Å². The molecule has 0 saturated heterocycles. The predicted molar refractivity (Wildman–Crippen MR) is 116 cm³/mol. The molecule has 0 aliphatic rings. The Labute approximate surface area is 189 Å². The average Bonchev–Trinajstić information content (AvgIpc) is 3.08. The molecule has 0 saturated carbocycles. The van der Waals surface area contributed by atoms with Crippen LogP contribution in [0.3, 0.4) is 0 Å². The van der Waals surface area contributed by atoms with Crippen molar-refractivity contribution in [1.29, 1.82) is 0 Å². The highest BCUT2D eigenvalue weighted by molar-refractivity contribution is 7.55. The summed E-state index contributed by atoms with van der Waals surface area (Å²) in [5.41, 5.74) is -2.04. The molecule has 0 aliphatic carbocycles. The van der Waals surface area contributed by atoms with Gasteiger partial charge in [-0.2, -0.15) is 4.98 Å². The van der Waals surface area contributed by atoms with Gasteiger partial charge in [0.1, 0.15) is 5.60 Å². The first kappa shape index (κ1) is 28.7. The Bertz CT molecular complexity index is 735. The van der Waals surface area contributed by atoms with Crippen molar-refractivity contribution in [3.05, 3.63) is 11.7 Å². The molecular formula is C21H37F2N2O6P. The molecule has 0 amide bonds. The normalized spacial score (nSPS) is 13.9. The number of nitrogens with zero attached hydrogens (tertiary/aromatic N) is 2. The summed E-state index contributed by atoms with van der Waals surface area (Å²) in [7, 11) is -3.84. The average molecular weight is 483 g/mol. The molecule has 186 valence electrons. The Hall–Kier alpha value is -1.38. The van der Waals surface area contributed by atoms with E-state index in [0.29, 0.717) is 25.1 Å². The van der Waals surface area contributed by atoms with Crippen LogP contribution in [-0.2, 0) is 36.0 Å². The number of aromatic nitrogens is 2. The predicted octanol–water partition coefficient (Wildman–Crippen LogP) is 5.74. The van der Waals surface area contributed by atoms with Crippen molar-refractivity contribution >= 4 is 13.6 Å². The van der Waals surface area contributed by atoms with E-state index in [0.717, 1.165) is 19.8 Å². The van der Waals surface area contributed by atoms with Crippen LogP contribution in [0.2, 0.25) is 0 Å². The summed E-state index contributed by atoms with van der Waals surface area (Å²) in [4.78, 5) is 17.1. The quantitative estimate of drug-likeness (QED) is 0.177. The fraction of sp³-hybridized carbons (Fsp3) is 0.857. The molecule has 0 N–H and O–H groups in total. The van der Waals surface area contributed by atoms with Crippen LogP contribution >= 0.6 is 7.60 Å². The van der Waals surface area contributed by atoms with E-state index in [9.17, 15) is 18.1 Å². The molecule has 1 heterocycles. The van der Waals surface area contributed by atoms with E-state index in [1.165, 1.54) is 0 Å². The smallest absolute Gasteiger partial charge is 0.345 e. The minimum atomic E-state index is -3.84. The van der Waals surface area contributed by atoms with E-state index >= 15 is 0 Å². The highest BCUT2D eigenvalue weighted by Gasteiger charge is 2.44. The molecule has 0 bridgehead atoms. The summed E-state index contributed by atoms with van der Waals surface area (Å²) in [6, 6.07) is 0. The number of hydrogen-bond acceptors (Lipinski definition) is 8. The zero-order valence-corrected chi connectivity index (χ0v) is 20.9. The van der Waals surface area contributed by atoms with Gasteiger partial charge in [-0.05, 0) is 54.4 Å². The highest BCUT2D eigenvalue weighted by atomic mass is 31.2. The second-order valence-electron chi connectivity index (χ2n) is 8.72. The number of aryl methyl sites for hydroxylation is 1. The number of rotatable bonds is 15. The molecule has 32 heavy (non-hydrogen) atoms. The van der Waals surface area contributed by atoms with Crippen LogP contribution in [0.25, 0.3) is 0 Å². The number of carbonyl (C=O) groups is 1. The van der Waals surface area contributed by atoms with Crippen LogP contribution in [0.1, 0.15) is 85.4 Å². The van der Waals surface area contributed by atoms with Crippen LogP contribution in [0.4, 0.5) is 8.78 Å². The lowest BCUT2D eigenvalue weighted by Gasteiger charge is -2.27. The maximum Gasteiger partial charge on any atom is 0.345 e. The lowest BCUT2D eigenvalue weighted by Crippen LogP contribution is -2.34. The highest BCUT2D eigenvalue weighted by Crippen LogP contribution is 2.54. The van der Waals surface area contributed by atoms with Gasteiger partial charge in [0.2, 0.25) is 11.8 Å². The molecule has 1 aromatic rings. The number of carbonyl (C=O) groups excluding carboxylic acids is 1. The molecule has 0 radical (unpaired) electrons. The van der Waals surface area contributed by atoms with Gasteiger partial charge in [-0.1, -0.05) is 18.0 Å².